The lowest BCUT2D eigenvalue weighted by molar-refractivity contribution is 0.326. The fraction of sp³-hybridized carbons (Fsp3) is 0.900. The molecule has 1 rings (SSSR count). The van der Waals surface area contributed by atoms with E-state index in [4.69, 9.17) is 5.73 Å². The first-order chi connectivity index (χ1) is 7.53. The highest BCUT2D eigenvalue weighted by Gasteiger charge is 2.16. The number of halogens is 1. The lowest BCUT2D eigenvalue weighted by atomic mass is 9.86. The molecule has 0 aromatic rings. The summed E-state index contributed by atoms with van der Waals surface area (Å²) in [5.74, 6) is 1.33. The van der Waals surface area contributed by atoms with Crippen molar-refractivity contribution in [2.24, 2.45) is 16.6 Å². The summed E-state index contributed by atoms with van der Waals surface area (Å²) < 4.78 is 22.4. The Balaban J connectivity index is 0.00000256. The summed E-state index contributed by atoms with van der Waals surface area (Å²) in [4.78, 5) is 4.18. The molecule has 0 amide bonds. The molecule has 1 aliphatic rings. The minimum atomic E-state index is -2.91. The van der Waals surface area contributed by atoms with Gasteiger partial charge in [-0.2, -0.15) is 0 Å². The van der Waals surface area contributed by atoms with Gasteiger partial charge in [0.2, 0.25) is 0 Å². The van der Waals surface area contributed by atoms with Crippen LogP contribution in [0.1, 0.15) is 26.2 Å². The Morgan fingerprint density at radius 2 is 2.12 bits per heavy atom. The maximum atomic E-state index is 11.2. The second-order valence-corrected chi connectivity index (χ2v) is 6.66. The normalized spacial score (nSPS) is 17.1. The van der Waals surface area contributed by atoms with E-state index in [-0.39, 0.29) is 35.5 Å². The number of nitrogens with two attached hydrogens (primary N) is 1. The van der Waals surface area contributed by atoms with E-state index >= 15 is 0 Å². The number of aliphatic imine (C=N–C) groups is 1. The first-order valence-corrected chi connectivity index (χ1v) is 7.60. The van der Waals surface area contributed by atoms with E-state index in [0.29, 0.717) is 18.4 Å². The zero-order valence-corrected chi connectivity index (χ0v) is 13.3. The van der Waals surface area contributed by atoms with Crippen molar-refractivity contribution >= 4 is 39.8 Å². The van der Waals surface area contributed by atoms with Gasteiger partial charge < -0.3 is 11.1 Å². The molecule has 0 atom stereocenters. The van der Waals surface area contributed by atoms with Crippen molar-refractivity contribution in [1.82, 2.24) is 5.32 Å². The van der Waals surface area contributed by atoms with E-state index in [0.717, 1.165) is 6.54 Å². The van der Waals surface area contributed by atoms with Crippen molar-refractivity contribution in [3.63, 3.8) is 0 Å². The monoisotopic (exact) mass is 375 g/mol. The van der Waals surface area contributed by atoms with Gasteiger partial charge in [0.25, 0.3) is 0 Å². The highest BCUT2D eigenvalue weighted by molar-refractivity contribution is 14.0. The lowest BCUT2D eigenvalue weighted by Crippen LogP contribution is -2.36. The molecule has 0 aliphatic heterocycles. The van der Waals surface area contributed by atoms with Gasteiger partial charge >= 0.3 is 0 Å². The molecule has 1 aliphatic carbocycles. The predicted molar refractivity (Wildman–Crippen MR) is 81.6 cm³/mol. The maximum Gasteiger partial charge on any atom is 0.188 e. The number of sulfone groups is 1. The molecule has 0 bridgehead atoms. The fourth-order valence-electron chi connectivity index (χ4n) is 1.44. The van der Waals surface area contributed by atoms with Gasteiger partial charge in [0.05, 0.1) is 5.75 Å². The highest BCUT2D eigenvalue weighted by Crippen LogP contribution is 2.26. The largest absolute Gasteiger partial charge is 0.370 e. The summed E-state index contributed by atoms with van der Waals surface area (Å²) in [6.45, 7) is 2.75. The summed E-state index contributed by atoms with van der Waals surface area (Å²) in [6, 6.07) is 0. The van der Waals surface area contributed by atoms with E-state index in [1.807, 2.05) is 0 Å². The summed E-state index contributed by atoms with van der Waals surface area (Å²) in [5, 5.41) is 2.83. The third-order valence-electron chi connectivity index (χ3n) is 2.90. The van der Waals surface area contributed by atoms with Gasteiger partial charge in [-0.1, -0.05) is 13.3 Å². The summed E-state index contributed by atoms with van der Waals surface area (Å²) in [5.41, 5.74) is 5.62. The van der Waals surface area contributed by atoms with Gasteiger partial charge in [-0.3, -0.25) is 4.99 Å². The standard InChI is InChI=1S/C10H21N3O2S.HI/c1-2-16(14,15)7-6-12-10(11)13-8-9-4-3-5-9;/h9H,2-8H2,1H3,(H3,11,12,13);1H. The lowest BCUT2D eigenvalue weighted by Gasteiger charge is -2.23. The number of hydrogen-bond donors (Lipinski definition) is 2. The molecule has 0 unspecified atom stereocenters. The Hall–Kier alpha value is -0.0500. The molecular formula is C10H22IN3O2S. The van der Waals surface area contributed by atoms with Crippen LogP contribution in [0.15, 0.2) is 4.99 Å². The van der Waals surface area contributed by atoms with Crippen LogP contribution >= 0.6 is 24.0 Å². The average molecular weight is 375 g/mol. The van der Waals surface area contributed by atoms with Crippen LogP contribution in [0, 0.1) is 5.92 Å². The van der Waals surface area contributed by atoms with Crippen LogP contribution in [0.2, 0.25) is 0 Å². The van der Waals surface area contributed by atoms with Crippen LogP contribution in [0.25, 0.3) is 0 Å². The molecule has 1 fully saturated rings. The van der Waals surface area contributed by atoms with Crippen LogP contribution < -0.4 is 11.1 Å². The van der Waals surface area contributed by atoms with Crippen molar-refractivity contribution in [3.05, 3.63) is 0 Å². The molecule has 0 spiro atoms. The Morgan fingerprint density at radius 1 is 1.47 bits per heavy atom. The Labute approximate surface area is 121 Å². The van der Waals surface area contributed by atoms with Gasteiger partial charge in [0.15, 0.2) is 15.8 Å². The number of guanidine groups is 1. The second-order valence-electron chi connectivity index (χ2n) is 4.19. The van der Waals surface area contributed by atoms with Gasteiger partial charge in [0, 0.05) is 18.8 Å². The van der Waals surface area contributed by atoms with E-state index in [1.165, 1.54) is 19.3 Å². The Bertz CT molecular complexity index is 339. The van der Waals surface area contributed by atoms with Crippen LogP contribution in [0.5, 0.6) is 0 Å². The third kappa shape index (κ3) is 7.07. The zero-order chi connectivity index (χ0) is 12.0. The first kappa shape index (κ1) is 16.9. The van der Waals surface area contributed by atoms with Crippen LogP contribution in [-0.2, 0) is 9.84 Å². The fourth-order valence-corrected chi connectivity index (χ4v) is 2.14. The summed E-state index contributed by atoms with van der Waals surface area (Å²) >= 11 is 0. The van der Waals surface area contributed by atoms with Crippen molar-refractivity contribution in [2.45, 2.75) is 26.2 Å². The smallest absolute Gasteiger partial charge is 0.188 e. The van der Waals surface area contributed by atoms with Gasteiger partial charge in [-0.05, 0) is 18.8 Å². The molecule has 5 nitrogen and oxygen atoms in total. The Kier molecular flexibility index (Phi) is 8.10. The maximum absolute atomic E-state index is 11.2. The molecule has 0 radical (unpaired) electrons. The van der Waals surface area contributed by atoms with Crippen molar-refractivity contribution in [3.8, 4) is 0 Å². The van der Waals surface area contributed by atoms with Crippen molar-refractivity contribution < 1.29 is 8.42 Å². The molecule has 0 saturated heterocycles. The molecule has 17 heavy (non-hydrogen) atoms. The van der Waals surface area contributed by atoms with Gasteiger partial charge in [-0.25, -0.2) is 8.42 Å². The number of hydrogen-bond acceptors (Lipinski definition) is 3. The second kappa shape index (κ2) is 8.12. The average Bonchev–Trinajstić information content (AvgIpc) is 2.15. The molecule has 0 aromatic heterocycles. The van der Waals surface area contributed by atoms with Gasteiger partial charge in [0.1, 0.15) is 0 Å². The molecule has 0 aromatic carbocycles. The van der Waals surface area contributed by atoms with E-state index in [1.54, 1.807) is 6.92 Å². The van der Waals surface area contributed by atoms with Crippen LogP contribution in [-0.4, -0.2) is 39.0 Å². The van der Waals surface area contributed by atoms with Crippen LogP contribution in [0.3, 0.4) is 0 Å². The van der Waals surface area contributed by atoms with Crippen LogP contribution in [0.4, 0.5) is 0 Å². The topological polar surface area (TPSA) is 84.5 Å². The number of nitrogens with one attached hydrogen (secondary N) is 1. The zero-order valence-electron chi connectivity index (χ0n) is 10.2. The van der Waals surface area contributed by atoms with Crippen molar-refractivity contribution in [1.29, 1.82) is 0 Å². The molecule has 1 saturated carbocycles. The molecule has 7 heteroatoms. The van der Waals surface area contributed by atoms with Crippen molar-refractivity contribution in [2.75, 3.05) is 24.6 Å². The predicted octanol–water partition coefficient (Wildman–Crippen LogP) is 0.744. The minimum Gasteiger partial charge on any atom is -0.370 e. The highest BCUT2D eigenvalue weighted by atomic mass is 127. The molecular weight excluding hydrogens is 353 g/mol. The molecule has 3 N–H and O–H groups in total. The van der Waals surface area contributed by atoms with E-state index in [9.17, 15) is 8.42 Å². The number of nitrogens with zero attached hydrogens (tertiary/aromatic N) is 1. The summed E-state index contributed by atoms with van der Waals surface area (Å²) in [7, 11) is -2.91. The molecule has 102 valence electrons. The van der Waals surface area contributed by atoms with E-state index < -0.39 is 9.84 Å². The summed E-state index contributed by atoms with van der Waals surface area (Å²) in [6.07, 6.45) is 3.77. The van der Waals surface area contributed by atoms with Gasteiger partial charge in [-0.15, -0.1) is 24.0 Å². The Morgan fingerprint density at radius 3 is 2.59 bits per heavy atom. The SMILES string of the molecule is CCS(=O)(=O)CCNC(N)=NCC1CCC1.I. The van der Waals surface area contributed by atoms with E-state index in [2.05, 4.69) is 10.3 Å². The molecule has 0 heterocycles. The first-order valence-electron chi connectivity index (χ1n) is 5.77. The quantitative estimate of drug-likeness (QED) is 0.408. The number of rotatable bonds is 6. The third-order valence-corrected chi connectivity index (χ3v) is 4.61. The minimum absolute atomic E-state index is 0.